The van der Waals surface area contributed by atoms with Gasteiger partial charge in [-0.2, -0.15) is 10.2 Å². The Hall–Kier alpha value is -4.77. The zero-order valence-electron chi connectivity index (χ0n) is 23.2. The largest absolute Gasteiger partial charge is 0.271 e. The molecule has 3 aliphatic heterocycles. The lowest BCUT2D eigenvalue weighted by Gasteiger charge is -2.30. The molecule has 3 heterocycles. The summed E-state index contributed by atoms with van der Waals surface area (Å²) in [5.41, 5.74) is 3.56. The van der Waals surface area contributed by atoms with Crippen LogP contribution in [0.5, 0.6) is 0 Å². The normalized spacial score (nSPS) is 25.1. The summed E-state index contributed by atoms with van der Waals surface area (Å²) >= 11 is 5.98. The summed E-state index contributed by atoms with van der Waals surface area (Å²) < 4.78 is 27.4. The first kappa shape index (κ1) is 28.0. The molecule has 7 rings (SSSR count). The average molecular weight is 615 g/mol. The molecule has 44 heavy (non-hydrogen) atoms. The van der Waals surface area contributed by atoms with Crippen LogP contribution in [0.15, 0.2) is 93.8 Å². The molecule has 222 valence electrons. The van der Waals surface area contributed by atoms with E-state index in [-0.39, 0.29) is 18.3 Å². The lowest BCUT2D eigenvalue weighted by molar-refractivity contribution is -0.136. The van der Waals surface area contributed by atoms with E-state index in [0.29, 0.717) is 16.3 Å². The molecule has 2 fully saturated rings. The van der Waals surface area contributed by atoms with E-state index in [9.17, 15) is 23.2 Å². The Balaban J connectivity index is 1.18. The third kappa shape index (κ3) is 4.86. The standard InChI is InChI=1S/C32H25ClF2N6O3/c33-21-8-14-24(15-9-21)40-31(43)28-30(32(40)44)39(38-36-28)17-26(42)41-29(19-6-12-23(35)13-7-19)25-3-1-2-20(27(25)37-41)16-18-4-10-22(34)11-5-18/h4-16,25,28-30H,1-3,17H2/b20-16+/t25-,28+,29-,30+/m0/s1. The van der Waals surface area contributed by atoms with Gasteiger partial charge in [0.1, 0.15) is 18.2 Å². The predicted molar refractivity (Wildman–Crippen MR) is 158 cm³/mol. The number of carbonyl (C=O) groups excluding carboxylic acids is 3. The van der Waals surface area contributed by atoms with Gasteiger partial charge in [0, 0.05) is 10.9 Å². The Morgan fingerprint density at radius 2 is 1.59 bits per heavy atom. The van der Waals surface area contributed by atoms with Crippen LogP contribution in [-0.4, -0.2) is 52.1 Å². The van der Waals surface area contributed by atoms with Gasteiger partial charge in [-0.05, 0) is 90.6 Å². The smallest absolute Gasteiger partial charge is 0.264 e. The Kier molecular flexibility index (Phi) is 7.04. The van der Waals surface area contributed by atoms with E-state index in [0.717, 1.165) is 41.0 Å². The van der Waals surface area contributed by atoms with Crippen molar-refractivity contribution in [2.24, 2.45) is 21.4 Å². The number of rotatable bonds is 5. The Morgan fingerprint density at radius 1 is 0.909 bits per heavy atom. The number of benzene rings is 3. The Labute approximate surface area is 256 Å². The minimum Gasteiger partial charge on any atom is -0.271 e. The molecule has 1 saturated heterocycles. The van der Waals surface area contributed by atoms with Gasteiger partial charge in [0.15, 0.2) is 12.1 Å². The summed E-state index contributed by atoms with van der Waals surface area (Å²) in [6.45, 7) is -0.351. The van der Waals surface area contributed by atoms with Crippen LogP contribution in [0.25, 0.3) is 6.08 Å². The second-order valence-corrected chi connectivity index (χ2v) is 11.6. The number of fused-ring (bicyclic) bond motifs is 2. The van der Waals surface area contributed by atoms with Gasteiger partial charge in [0.2, 0.25) is 0 Å². The molecule has 1 saturated carbocycles. The number of hydrazone groups is 1. The van der Waals surface area contributed by atoms with Crippen LogP contribution in [0, 0.1) is 17.6 Å². The van der Waals surface area contributed by atoms with E-state index in [1.807, 2.05) is 6.08 Å². The second kappa shape index (κ2) is 11.1. The highest BCUT2D eigenvalue weighted by Crippen LogP contribution is 2.45. The zero-order valence-corrected chi connectivity index (χ0v) is 23.9. The summed E-state index contributed by atoms with van der Waals surface area (Å²) in [6, 6.07) is 15.8. The van der Waals surface area contributed by atoms with Crippen molar-refractivity contribution in [2.45, 2.75) is 37.4 Å². The molecule has 4 aliphatic rings. The number of carbonyl (C=O) groups is 3. The van der Waals surface area contributed by atoms with Gasteiger partial charge in [-0.1, -0.05) is 41.1 Å². The molecule has 0 N–H and O–H groups in total. The molecule has 3 aromatic rings. The maximum Gasteiger partial charge on any atom is 0.264 e. The molecular formula is C32H25ClF2N6O3. The number of amides is 3. The molecule has 4 atom stereocenters. The van der Waals surface area contributed by atoms with Gasteiger partial charge in [0.05, 0.1) is 17.4 Å². The third-order valence-corrected chi connectivity index (χ3v) is 8.67. The van der Waals surface area contributed by atoms with Crippen molar-refractivity contribution >= 4 is 46.8 Å². The zero-order chi connectivity index (χ0) is 30.5. The molecule has 0 bridgehead atoms. The summed E-state index contributed by atoms with van der Waals surface area (Å²) in [4.78, 5) is 41.6. The molecule has 12 heteroatoms. The van der Waals surface area contributed by atoms with E-state index in [4.69, 9.17) is 16.7 Å². The van der Waals surface area contributed by atoms with Crippen molar-refractivity contribution in [3.05, 3.63) is 106 Å². The van der Waals surface area contributed by atoms with Crippen LogP contribution in [0.3, 0.4) is 0 Å². The van der Waals surface area contributed by atoms with Crippen LogP contribution >= 0.6 is 11.6 Å². The SMILES string of the molecule is O=C1[C@@H]2N=NN(CC(=O)N3N=C4/C(=C/c5ccc(F)cc5)CCC[C@@H]4[C@@H]3c3ccc(F)cc3)[C@H]2C(=O)N1c1ccc(Cl)cc1. The first-order valence-corrected chi connectivity index (χ1v) is 14.6. The van der Waals surface area contributed by atoms with Gasteiger partial charge < -0.3 is 0 Å². The molecular weight excluding hydrogens is 590 g/mol. The highest BCUT2D eigenvalue weighted by atomic mass is 35.5. The lowest BCUT2D eigenvalue weighted by Crippen LogP contribution is -2.45. The van der Waals surface area contributed by atoms with E-state index in [2.05, 4.69) is 10.3 Å². The topological polar surface area (TPSA) is 98.0 Å². The second-order valence-electron chi connectivity index (χ2n) is 11.1. The van der Waals surface area contributed by atoms with E-state index in [1.54, 1.807) is 48.5 Å². The van der Waals surface area contributed by atoms with Crippen molar-refractivity contribution in [1.29, 1.82) is 0 Å². The fourth-order valence-electron chi connectivity index (χ4n) is 6.37. The van der Waals surface area contributed by atoms with Crippen LogP contribution in [0.1, 0.15) is 36.4 Å². The number of hydrogen-bond donors (Lipinski definition) is 0. The van der Waals surface area contributed by atoms with Crippen LogP contribution in [0.2, 0.25) is 5.02 Å². The summed E-state index contributed by atoms with van der Waals surface area (Å²) in [7, 11) is 0. The summed E-state index contributed by atoms with van der Waals surface area (Å²) in [5.74, 6) is -2.42. The third-order valence-electron chi connectivity index (χ3n) is 8.42. The van der Waals surface area contributed by atoms with Gasteiger partial charge in [-0.3, -0.25) is 19.4 Å². The number of imide groups is 1. The number of anilines is 1. The fraction of sp³-hybridized carbons (Fsp3) is 0.250. The molecule has 9 nitrogen and oxygen atoms in total. The van der Waals surface area contributed by atoms with E-state index >= 15 is 0 Å². The lowest BCUT2D eigenvalue weighted by atomic mass is 9.77. The maximum absolute atomic E-state index is 14.0. The fourth-order valence-corrected chi connectivity index (χ4v) is 6.50. The number of nitrogens with zero attached hydrogens (tertiary/aromatic N) is 6. The van der Waals surface area contributed by atoms with E-state index in [1.165, 1.54) is 34.3 Å². The van der Waals surface area contributed by atoms with Crippen LogP contribution in [-0.2, 0) is 14.4 Å². The van der Waals surface area contributed by atoms with Crippen LogP contribution in [0.4, 0.5) is 14.5 Å². The minimum atomic E-state index is -1.07. The highest BCUT2D eigenvalue weighted by molar-refractivity contribution is 6.31. The molecule has 0 spiro atoms. The van der Waals surface area contributed by atoms with Crippen molar-refractivity contribution in [1.82, 2.24) is 10.0 Å². The molecule has 3 amide bonds. The van der Waals surface area contributed by atoms with Crippen molar-refractivity contribution < 1.29 is 23.2 Å². The molecule has 0 radical (unpaired) electrons. The summed E-state index contributed by atoms with van der Waals surface area (Å²) in [6.07, 6.45) is 4.28. The Morgan fingerprint density at radius 3 is 2.30 bits per heavy atom. The molecule has 1 aliphatic carbocycles. The van der Waals surface area contributed by atoms with Crippen molar-refractivity contribution in [2.75, 3.05) is 11.4 Å². The van der Waals surface area contributed by atoms with Gasteiger partial charge >= 0.3 is 0 Å². The predicted octanol–water partition coefficient (Wildman–Crippen LogP) is 5.73. The first-order chi connectivity index (χ1) is 21.3. The van der Waals surface area contributed by atoms with Gasteiger partial charge in [-0.15, -0.1) is 0 Å². The number of hydrogen-bond acceptors (Lipinski definition) is 7. The molecule has 0 unspecified atom stereocenters. The maximum atomic E-state index is 14.0. The molecule has 3 aromatic carbocycles. The van der Waals surface area contributed by atoms with Crippen molar-refractivity contribution in [3.63, 3.8) is 0 Å². The van der Waals surface area contributed by atoms with Gasteiger partial charge in [0.25, 0.3) is 17.7 Å². The first-order valence-electron chi connectivity index (χ1n) is 14.2. The van der Waals surface area contributed by atoms with Gasteiger partial charge in [-0.25, -0.2) is 18.7 Å². The molecule has 0 aromatic heterocycles. The number of allylic oxidation sites excluding steroid dienone is 1. The average Bonchev–Trinajstić information content (AvgIpc) is 3.69. The number of halogens is 3. The highest BCUT2D eigenvalue weighted by Gasteiger charge is 2.55. The Bertz CT molecular complexity index is 1740. The van der Waals surface area contributed by atoms with Crippen molar-refractivity contribution in [3.8, 4) is 0 Å². The van der Waals surface area contributed by atoms with E-state index < -0.39 is 41.7 Å². The minimum absolute atomic E-state index is 0.159. The van der Waals surface area contributed by atoms with Crippen LogP contribution < -0.4 is 4.90 Å². The quantitative estimate of drug-likeness (QED) is 0.343. The monoisotopic (exact) mass is 614 g/mol. The summed E-state index contributed by atoms with van der Waals surface area (Å²) in [5, 5.41) is 16.0.